The lowest BCUT2D eigenvalue weighted by molar-refractivity contribution is 0.102. The van der Waals surface area contributed by atoms with Gasteiger partial charge in [-0.2, -0.15) is 0 Å². The number of nitrogens with one attached hydrogen (secondary N) is 3. The zero-order valence-corrected chi connectivity index (χ0v) is 15.2. The summed E-state index contributed by atoms with van der Waals surface area (Å²) in [4.78, 5) is 26.9. The number of carbonyl (C=O) groups excluding carboxylic acids is 2. The van der Waals surface area contributed by atoms with Crippen molar-refractivity contribution in [1.29, 1.82) is 0 Å². The highest BCUT2D eigenvalue weighted by atomic mass is 16.2. The molecule has 140 valence electrons. The second-order valence-corrected chi connectivity index (χ2v) is 7.12. The second kappa shape index (κ2) is 7.70. The molecule has 2 fully saturated rings. The average molecular weight is 364 g/mol. The van der Waals surface area contributed by atoms with Crippen LogP contribution in [0.25, 0.3) is 0 Å². The molecule has 0 bridgehead atoms. The van der Waals surface area contributed by atoms with Crippen LogP contribution in [0.5, 0.6) is 0 Å². The normalized spacial score (nSPS) is 16.1. The minimum Gasteiger partial charge on any atom is -0.370 e. The fourth-order valence-corrected chi connectivity index (χ4v) is 3.33. The number of benzene rings is 2. The van der Waals surface area contributed by atoms with Crippen molar-refractivity contribution in [2.75, 3.05) is 28.6 Å². The highest BCUT2D eigenvalue weighted by Crippen LogP contribution is 2.29. The maximum atomic E-state index is 12.7. The molecule has 0 atom stereocenters. The number of amides is 3. The van der Waals surface area contributed by atoms with Crippen molar-refractivity contribution < 1.29 is 9.59 Å². The standard InChI is InChI=1S/C21H24N4O2/c26-20(24-18-8-1-2-9-19(18)25-12-3-4-13-25)15-6-5-7-17(14-15)23-21(27)22-16-10-11-16/h1-2,5-9,14,16H,3-4,10-13H2,(H,24,26)(H2,22,23,27). The molecular formula is C21H24N4O2. The highest BCUT2D eigenvalue weighted by molar-refractivity contribution is 6.06. The molecular weight excluding hydrogens is 340 g/mol. The number of anilines is 3. The number of hydrogen-bond donors (Lipinski definition) is 3. The Bertz CT molecular complexity index is 842. The fourth-order valence-electron chi connectivity index (χ4n) is 3.33. The molecule has 0 aromatic heterocycles. The summed E-state index contributed by atoms with van der Waals surface area (Å²) >= 11 is 0. The topological polar surface area (TPSA) is 73.5 Å². The molecule has 4 rings (SSSR count). The van der Waals surface area contributed by atoms with E-state index in [-0.39, 0.29) is 11.9 Å². The quantitative estimate of drug-likeness (QED) is 0.755. The Morgan fingerprint density at radius 2 is 1.70 bits per heavy atom. The molecule has 27 heavy (non-hydrogen) atoms. The molecule has 6 nitrogen and oxygen atoms in total. The van der Waals surface area contributed by atoms with E-state index in [0.717, 1.165) is 37.3 Å². The van der Waals surface area contributed by atoms with Crippen molar-refractivity contribution in [2.45, 2.75) is 31.7 Å². The Balaban J connectivity index is 1.45. The van der Waals surface area contributed by atoms with Crippen molar-refractivity contribution in [3.63, 3.8) is 0 Å². The van der Waals surface area contributed by atoms with Gasteiger partial charge in [0.2, 0.25) is 0 Å². The van der Waals surface area contributed by atoms with Gasteiger partial charge < -0.3 is 20.9 Å². The number of nitrogens with zero attached hydrogens (tertiary/aromatic N) is 1. The molecule has 0 spiro atoms. The van der Waals surface area contributed by atoms with Crippen LogP contribution in [0.1, 0.15) is 36.0 Å². The minimum atomic E-state index is -0.227. The highest BCUT2D eigenvalue weighted by Gasteiger charge is 2.23. The van der Waals surface area contributed by atoms with Gasteiger partial charge >= 0.3 is 6.03 Å². The molecule has 1 aliphatic carbocycles. The third kappa shape index (κ3) is 4.39. The molecule has 3 N–H and O–H groups in total. The first-order chi connectivity index (χ1) is 13.2. The molecule has 1 saturated heterocycles. The lowest BCUT2D eigenvalue weighted by Crippen LogP contribution is -2.30. The summed E-state index contributed by atoms with van der Waals surface area (Å²) in [6, 6.07) is 14.9. The molecule has 1 saturated carbocycles. The van der Waals surface area contributed by atoms with Crippen molar-refractivity contribution in [3.05, 3.63) is 54.1 Å². The smallest absolute Gasteiger partial charge is 0.319 e. The first-order valence-corrected chi connectivity index (χ1v) is 9.52. The van der Waals surface area contributed by atoms with Gasteiger partial charge in [-0.25, -0.2) is 4.79 Å². The third-order valence-corrected chi connectivity index (χ3v) is 4.89. The van der Waals surface area contributed by atoms with Gasteiger partial charge in [0.25, 0.3) is 5.91 Å². The molecule has 2 aromatic rings. The van der Waals surface area contributed by atoms with Crippen LogP contribution < -0.4 is 20.9 Å². The number of urea groups is 1. The van der Waals surface area contributed by atoms with Crippen molar-refractivity contribution in [3.8, 4) is 0 Å². The molecule has 0 unspecified atom stereocenters. The van der Waals surface area contributed by atoms with Gasteiger partial charge in [-0.3, -0.25) is 4.79 Å². The van der Waals surface area contributed by atoms with Crippen LogP contribution in [0.2, 0.25) is 0 Å². The van der Waals surface area contributed by atoms with Gasteiger partial charge in [-0.15, -0.1) is 0 Å². The van der Waals surface area contributed by atoms with E-state index in [2.05, 4.69) is 20.9 Å². The lowest BCUT2D eigenvalue weighted by atomic mass is 10.1. The average Bonchev–Trinajstić information content (AvgIpc) is 3.31. The van der Waals surface area contributed by atoms with Crippen LogP contribution in [-0.2, 0) is 0 Å². The Labute approximate surface area is 158 Å². The maximum absolute atomic E-state index is 12.7. The van der Waals surface area contributed by atoms with Crippen LogP contribution in [0.4, 0.5) is 21.9 Å². The number of rotatable bonds is 5. The number of hydrogen-bond acceptors (Lipinski definition) is 3. The van der Waals surface area contributed by atoms with E-state index in [1.807, 2.05) is 24.3 Å². The van der Waals surface area contributed by atoms with E-state index < -0.39 is 0 Å². The lowest BCUT2D eigenvalue weighted by Gasteiger charge is -2.21. The first-order valence-electron chi connectivity index (χ1n) is 9.52. The summed E-state index contributed by atoms with van der Waals surface area (Å²) < 4.78 is 0. The van der Waals surface area contributed by atoms with E-state index in [1.165, 1.54) is 12.8 Å². The maximum Gasteiger partial charge on any atom is 0.319 e. The zero-order chi connectivity index (χ0) is 18.6. The molecule has 2 aliphatic rings. The number of carbonyl (C=O) groups is 2. The van der Waals surface area contributed by atoms with Crippen molar-refractivity contribution >= 4 is 29.0 Å². The summed E-state index contributed by atoms with van der Waals surface area (Å²) in [5.74, 6) is -0.187. The SMILES string of the molecule is O=C(Nc1cccc(C(=O)Nc2ccccc2N2CCCC2)c1)NC1CC1. The van der Waals surface area contributed by atoms with Crippen molar-refractivity contribution in [2.24, 2.45) is 0 Å². The van der Waals surface area contributed by atoms with E-state index in [1.54, 1.807) is 24.3 Å². The van der Waals surface area contributed by atoms with Gasteiger partial charge in [0.1, 0.15) is 0 Å². The first kappa shape index (κ1) is 17.4. The Kier molecular flexibility index (Phi) is 4.96. The predicted molar refractivity (Wildman–Crippen MR) is 107 cm³/mol. The summed E-state index contributed by atoms with van der Waals surface area (Å²) in [7, 11) is 0. The Hall–Kier alpha value is -3.02. The molecule has 1 heterocycles. The fraction of sp³-hybridized carbons (Fsp3) is 0.333. The number of para-hydroxylation sites is 2. The third-order valence-electron chi connectivity index (χ3n) is 4.89. The van der Waals surface area contributed by atoms with Gasteiger partial charge in [-0.05, 0) is 56.0 Å². The summed E-state index contributed by atoms with van der Waals surface area (Å²) in [6.45, 7) is 2.03. The van der Waals surface area contributed by atoms with Gasteiger partial charge in [0, 0.05) is 30.4 Å². The van der Waals surface area contributed by atoms with E-state index in [0.29, 0.717) is 17.3 Å². The predicted octanol–water partition coefficient (Wildman–Crippen LogP) is 3.82. The molecule has 0 radical (unpaired) electrons. The zero-order valence-electron chi connectivity index (χ0n) is 15.2. The van der Waals surface area contributed by atoms with Gasteiger partial charge in [0.15, 0.2) is 0 Å². The van der Waals surface area contributed by atoms with Crippen molar-refractivity contribution in [1.82, 2.24) is 5.32 Å². The van der Waals surface area contributed by atoms with Crippen LogP contribution in [0.3, 0.4) is 0 Å². The van der Waals surface area contributed by atoms with E-state index in [9.17, 15) is 9.59 Å². The summed E-state index contributed by atoms with van der Waals surface area (Å²) in [6.07, 6.45) is 4.43. The van der Waals surface area contributed by atoms with E-state index in [4.69, 9.17) is 0 Å². The largest absolute Gasteiger partial charge is 0.370 e. The molecule has 1 aliphatic heterocycles. The van der Waals surface area contributed by atoms with Crippen LogP contribution in [0.15, 0.2) is 48.5 Å². The van der Waals surface area contributed by atoms with Crippen LogP contribution in [-0.4, -0.2) is 31.1 Å². The Morgan fingerprint density at radius 3 is 2.48 bits per heavy atom. The van der Waals surface area contributed by atoms with Crippen LogP contribution in [0, 0.1) is 0 Å². The Morgan fingerprint density at radius 1 is 0.926 bits per heavy atom. The minimum absolute atomic E-state index is 0.187. The molecule has 6 heteroatoms. The van der Waals surface area contributed by atoms with Gasteiger partial charge in [0.05, 0.1) is 11.4 Å². The molecule has 2 aromatic carbocycles. The van der Waals surface area contributed by atoms with E-state index >= 15 is 0 Å². The molecule has 3 amide bonds. The summed E-state index contributed by atoms with van der Waals surface area (Å²) in [5, 5.41) is 8.68. The second-order valence-electron chi connectivity index (χ2n) is 7.12. The van der Waals surface area contributed by atoms with Crippen LogP contribution >= 0.6 is 0 Å². The van der Waals surface area contributed by atoms with Gasteiger partial charge in [-0.1, -0.05) is 18.2 Å². The monoisotopic (exact) mass is 364 g/mol. The summed E-state index contributed by atoms with van der Waals surface area (Å²) in [5.41, 5.74) is 2.99.